The van der Waals surface area contributed by atoms with E-state index >= 15 is 0 Å². The number of sulfone groups is 1. The van der Waals surface area contributed by atoms with Gasteiger partial charge in [-0.3, -0.25) is 4.79 Å². The lowest BCUT2D eigenvalue weighted by Gasteiger charge is -2.15. The molecule has 0 aromatic heterocycles. The van der Waals surface area contributed by atoms with Crippen LogP contribution in [0.15, 0.2) is 59.5 Å². The molecule has 0 aliphatic rings. The monoisotopic (exact) mass is 375 g/mol. The van der Waals surface area contributed by atoms with Crippen molar-refractivity contribution in [3.8, 4) is 0 Å². The Balaban J connectivity index is 2.04. The van der Waals surface area contributed by atoms with Crippen molar-refractivity contribution >= 4 is 21.7 Å². The van der Waals surface area contributed by atoms with Gasteiger partial charge in [0.05, 0.1) is 16.2 Å². The number of carbonyl (C=O) groups excluding carboxylic acids is 2. The van der Waals surface area contributed by atoms with Crippen molar-refractivity contribution in [2.24, 2.45) is 0 Å². The molecular formula is C19H21NO5S. The van der Waals surface area contributed by atoms with Crippen LogP contribution in [0.2, 0.25) is 0 Å². The lowest BCUT2D eigenvalue weighted by atomic mass is 10.2. The summed E-state index contributed by atoms with van der Waals surface area (Å²) in [4.78, 5) is 24.4. The predicted molar refractivity (Wildman–Crippen MR) is 97.3 cm³/mol. The second kappa shape index (κ2) is 8.62. The molecule has 1 atom stereocenters. The Morgan fingerprint density at radius 2 is 1.65 bits per heavy atom. The van der Waals surface area contributed by atoms with Gasteiger partial charge < -0.3 is 10.1 Å². The van der Waals surface area contributed by atoms with Gasteiger partial charge in [-0.25, -0.2) is 13.2 Å². The molecule has 0 unspecified atom stereocenters. The van der Waals surface area contributed by atoms with Crippen LogP contribution >= 0.6 is 0 Å². The van der Waals surface area contributed by atoms with Crippen LogP contribution in [0.4, 0.5) is 0 Å². The van der Waals surface area contributed by atoms with Crippen LogP contribution in [-0.2, 0) is 25.9 Å². The van der Waals surface area contributed by atoms with Crippen molar-refractivity contribution in [2.45, 2.75) is 31.4 Å². The summed E-state index contributed by atoms with van der Waals surface area (Å²) in [6.07, 6.45) is -1.05. The Bertz CT molecular complexity index is 878. The zero-order chi connectivity index (χ0) is 19.2. The molecule has 6 nitrogen and oxygen atoms in total. The van der Waals surface area contributed by atoms with Gasteiger partial charge in [0.2, 0.25) is 0 Å². The van der Waals surface area contributed by atoms with Gasteiger partial charge in [-0.15, -0.1) is 0 Å². The van der Waals surface area contributed by atoms with Gasteiger partial charge in [0.25, 0.3) is 5.91 Å². The third-order valence-corrected chi connectivity index (χ3v) is 5.57. The van der Waals surface area contributed by atoms with Gasteiger partial charge in [-0.2, -0.15) is 0 Å². The van der Waals surface area contributed by atoms with E-state index in [9.17, 15) is 18.0 Å². The van der Waals surface area contributed by atoms with Crippen LogP contribution in [0.25, 0.3) is 0 Å². The van der Waals surface area contributed by atoms with E-state index in [1.807, 2.05) is 30.3 Å². The highest BCUT2D eigenvalue weighted by molar-refractivity contribution is 7.91. The zero-order valence-electron chi connectivity index (χ0n) is 14.6. The Hall–Kier alpha value is -2.67. The van der Waals surface area contributed by atoms with Crippen LogP contribution in [-0.4, -0.2) is 32.2 Å². The van der Waals surface area contributed by atoms with Crippen molar-refractivity contribution in [3.63, 3.8) is 0 Å². The first-order valence-electron chi connectivity index (χ1n) is 8.19. The fraction of sp³-hybridized carbons (Fsp3) is 0.263. The molecule has 0 bridgehead atoms. The van der Waals surface area contributed by atoms with Crippen molar-refractivity contribution in [1.82, 2.24) is 5.32 Å². The Morgan fingerprint density at radius 1 is 1.04 bits per heavy atom. The second-order valence-corrected chi connectivity index (χ2v) is 7.90. The summed E-state index contributed by atoms with van der Waals surface area (Å²) in [5, 5.41) is 2.68. The number of hydrogen-bond donors (Lipinski definition) is 1. The highest BCUT2D eigenvalue weighted by atomic mass is 32.2. The molecule has 2 aromatic carbocycles. The fourth-order valence-corrected chi connectivity index (χ4v) is 3.35. The third-order valence-electron chi connectivity index (χ3n) is 3.78. The van der Waals surface area contributed by atoms with E-state index in [0.29, 0.717) is 6.54 Å². The standard InChI is InChI=1S/C19H21NO5S/c1-3-26(23,24)17-12-8-7-11-16(17)19(22)25-14(2)18(21)20-13-15-9-5-4-6-10-15/h4-12,14H,3,13H2,1-2H3,(H,20,21)/t14-/m1/s1. The summed E-state index contributed by atoms with van der Waals surface area (Å²) in [6, 6.07) is 15.1. The molecule has 26 heavy (non-hydrogen) atoms. The van der Waals surface area contributed by atoms with E-state index in [1.54, 1.807) is 6.07 Å². The van der Waals surface area contributed by atoms with Gasteiger partial charge in [-0.05, 0) is 24.6 Å². The van der Waals surface area contributed by atoms with Crippen LogP contribution in [0, 0.1) is 0 Å². The Labute approximate surface area is 153 Å². The van der Waals surface area contributed by atoms with Crippen LogP contribution < -0.4 is 5.32 Å². The van der Waals surface area contributed by atoms with E-state index in [1.165, 1.54) is 32.0 Å². The first-order valence-corrected chi connectivity index (χ1v) is 9.84. The van der Waals surface area contributed by atoms with Gasteiger partial charge in [0.15, 0.2) is 15.9 Å². The minimum atomic E-state index is -3.58. The average molecular weight is 375 g/mol. The highest BCUT2D eigenvalue weighted by Crippen LogP contribution is 2.18. The molecule has 0 aliphatic carbocycles. The largest absolute Gasteiger partial charge is 0.449 e. The topological polar surface area (TPSA) is 89.5 Å². The van der Waals surface area contributed by atoms with Crippen molar-refractivity contribution < 1.29 is 22.7 Å². The number of ether oxygens (including phenoxy) is 1. The quantitative estimate of drug-likeness (QED) is 0.750. The zero-order valence-corrected chi connectivity index (χ0v) is 15.5. The van der Waals surface area contributed by atoms with E-state index < -0.39 is 27.8 Å². The Morgan fingerprint density at radius 3 is 2.31 bits per heavy atom. The van der Waals surface area contributed by atoms with E-state index in [4.69, 9.17) is 4.74 Å². The summed E-state index contributed by atoms with van der Waals surface area (Å²) < 4.78 is 29.4. The molecule has 1 amide bonds. The molecule has 0 saturated carbocycles. The van der Waals surface area contributed by atoms with Crippen LogP contribution in [0.5, 0.6) is 0 Å². The number of hydrogen-bond acceptors (Lipinski definition) is 5. The normalized spacial score (nSPS) is 12.2. The van der Waals surface area contributed by atoms with Gasteiger partial charge in [0, 0.05) is 6.54 Å². The summed E-state index contributed by atoms with van der Waals surface area (Å²) >= 11 is 0. The molecule has 1 N–H and O–H groups in total. The van der Waals surface area contributed by atoms with Crippen molar-refractivity contribution in [2.75, 3.05) is 5.75 Å². The second-order valence-electron chi connectivity index (χ2n) is 5.65. The number of benzene rings is 2. The van der Waals surface area contributed by atoms with Gasteiger partial charge >= 0.3 is 5.97 Å². The molecular weight excluding hydrogens is 354 g/mol. The summed E-state index contributed by atoms with van der Waals surface area (Å²) in [5.74, 6) is -1.44. The lowest BCUT2D eigenvalue weighted by Crippen LogP contribution is -2.35. The number of esters is 1. The first kappa shape index (κ1) is 19.7. The number of amides is 1. The first-order chi connectivity index (χ1) is 12.3. The molecule has 0 heterocycles. The van der Waals surface area contributed by atoms with Crippen molar-refractivity contribution in [1.29, 1.82) is 0 Å². The molecule has 0 aliphatic heterocycles. The fourth-order valence-electron chi connectivity index (χ4n) is 2.27. The van der Waals surface area contributed by atoms with Crippen LogP contribution in [0.3, 0.4) is 0 Å². The SMILES string of the molecule is CCS(=O)(=O)c1ccccc1C(=O)O[C@H](C)C(=O)NCc1ccccc1. The Kier molecular flexibility index (Phi) is 6.52. The molecule has 0 saturated heterocycles. The smallest absolute Gasteiger partial charge is 0.340 e. The average Bonchev–Trinajstić information content (AvgIpc) is 2.66. The molecule has 0 spiro atoms. The number of carbonyl (C=O) groups is 2. The highest BCUT2D eigenvalue weighted by Gasteiger charge is 2.24. The molecule has 2 aromatic rings. The molecule has 0 radical (unpaired) electrons. The van der Waals surface area contributed by atoms with Gasteiger partial charge in [0.1, 0.15) is 0 Å². The minimum absolute atomic E-state index is 0.0722. The number of nitrogens with one attached hydrogen (secondary N) is 1. The lowest BCUT2D eigenvalue weighted by molar-refractivity contribution is -0.129. The molecule has 7 heteroatoms. The van der Waals surface area contributed by atoms with E-state index in [2.05, 4.69) is 5.32 Å². The van der Waals surface area contributed by atoms with E-state index in [-0.39, 0.29) is 16.2 Å². The van der Waals surface area contributed by atoms with Crippen LogP contribution in [0.1, 0.15) is 29.8 Å². The van der Waals surface area contributed by atoms with Crippen molar-refractivity contribution in [3.05, 3.63) is 65.7 Å². The maximum atomic E-state index is 12.4. The molecule has 0 fully saturated rings. The summed E-state index contributed by atoms with van der Waals surface area (Å²) in [6.45, 7) is 3.24. The third kappa shape index (κ3) is 4.92. The minimum Gasteiger partial charge on any atom is -0.449 e. The molecule has 138 valence electrons. The van der Waals surface area contributed by atoms with E-state index in [0.717, 1.165) is 5.56 Å². The maximum Gasteiger partial charge on any atom is 0.340 e. The summed E-state index contributed by atoms with van der Waals surface area (Å²) in [7, 11) is -3.58. The summed E-state index contributed by atoms with van der Waals surface area (Å²) in [5.41, 5.74) is 0.843. The predicted octanol–water partition coefficient (Wildman–Crippen LogP) is 2.34. The number of rotatable bonds is 7. The van der Waals surface area contributed by atoms with Gasteiger partial charge in [-0.1, -0.05) is 49.4 Å². The molecule has 2 rings (SSSR count). The maximum absolute atomic E-state index is 12.4.